The van der Waals surface area contributed by atoms with E-state index in [1.807, 2.05) is 24.3 Å². The number of carbonyl (C=O) groups excluding carboxylic acids is 1. The Labute approximate surface area is 140 Å². The SMILES string of the molecule is Cc1ccc(CNC(=O)CSc2ccc3ccccc3c2)cc1. The third-order valence-electron chi connectivity index (χ3n) is 3.70. The highest BCUT2D eigenvalue weighted by Crippen LogP contribution is 2.23. The van der Waals surface area contributed by atoms with Crippen LogP contribution in [-0.2, 0) is 11.3 Å². The van der Waals surface area contributed by atoms with Gasteiger partial charge >= 0.3 is 0 Å². The molecule has 0 atom stereocenters. The summed E-state index contributed by atoms with van der Waals surface area (Å²) in [4.78, 5) is 13.1. The van der Waals surface area contributed by atoms with Crippen LogP contribution < -0.4 is 5.32 Å². The van der Waals surface area contributed by atoms with Crippen molar-refractivity contribution in [2.45, 2.75) is 18.4 Å². The lowest BCUT2D eigenvalue weighted by molar-refractivity contribution is -0.118. The van der Waals surface area contributed by atoms with Gasteiger partial charge in [0, 0.05) is 11.4 Å². The molecule has 0 aliphatic rings. The van der Waals surface area contributed by atoms with E-state index in [1.165, 1.54) is 16.3 Å². The minimum Gasteiger partial charge on any atom is -0.351 e. The lowest BCUT2D eigenvalue weighted by atomic mass is 10.1. The molecule has 0 radical (unpaired) electrons. The molecule has 0 unspecified atom stereocenters. The monoisotopic (exact) mass is 321 g/mol. The molecule has 0 saturated carbocycles. The zero-order chi connectivity index (χ0) is 16.1. The van der Waals surface area contributed by atoms with Gasteiger partial charge in [-0.2, -0.15) is 0 Å². The molecular weight excluding hydrogens is 302 g/mol. The average Bonchev–Trinajstić information content (AvgIpc) is 2.59. The van der Waals surface area contributed by atoms with Crippen molar-refractivity contribution in [3.8, 4) is 0 Å². The predicted octanol–water partition coefficient (Wildman–Crippen LogP) is 4.56. The second-order valence-electron chi connectivity index (χ2n) is 5.56. The van der Waals surface area contributed by atoms with E-state index in [9.17, 15) is 4.79 Å². The van der Waals surface area contributed by atoms with Gasteiger partial charge in [0.25, 0.3) is 0 Å². The molecule has 0 spiro atoms. The van der Waals surface area contributed by atoms with Gasteiger partial charge in [0.2, 0.25) is 5.91 Å². The molecule has 2 nitrogen and oxygen atoms in total. The normalized spacial score (nSPS) is 10.7. The number of aryl methyl sites for hydroxylation is 1. The van der Waals surface area contributed by atoms with Crippen molar-refractivity contribution in [1.82, 2.24) is 5.32 Å². The maximum Gasteiger partial charge on any atom is 0.230 e. The number of nitrogens with one attached hydrogen (secondary N) is 1. The summed E-state index contributed by atoms with van der Waals surface area (Å²) < 4.78 is 0. The van der Waals surface area contributed by atoms with Crippen LogP contribution >= 0.6 is 11.8 Å². The van der Waals surface area contributed by atoms with Gasteiger partial charge in [0.1, 0.15) is 0 Å². The summed E-state index contributed by atoms with van der Waals surface area (Å²) in [6, 6.07) is 22.8. The quantitative estimate of drug-likeness (QED) is 0.698. The Hall–Kier alpha value is -2.26. The van der Waals surface area contributed by atoms with Gasteiger partial charge in [0.15, 0.2) is 0 Å². The van der Waals surface area contributed by atoms with Gasteiger partial charge in [-0.1, -0.05) is 60.2 Å². The molecule has 23 heavy (non-hydrogen) atoms. The predicted molar refractivity (Wildman–Crippen MR) is 97.7 cm³/mol. The number of benzene rings is 3. The van der Waals surface area contributed by atoms with E-state index < -0.39 is 0 Å². The first-order chi connectivity index (χ1) is 11.2. The average molecular weight is 321 g/mol. The fraction of sp³-hybridized carbons (Fsp3) is 0.150. The summed E-state index contributed by atoms with van der Waals surface area (Å²) in [6.07, 6.45) is 0. The van der Waals surface area contributed by atoms with E-state index in [0.717, 1.165) is 10.5 Å². The maximum atomic E-state index is 12.0. The first kappa shape index (κ1) is 15.6. The molecule has 3 rings (SSSR count). The molecule has 3 aromatic rings. The fourth-order valence-corrected chi connectivity index (χ4v) is 3.14. The van der Waals surface area contributed by atoms with Crippen molar-refractivity contribution in [3.63, 3.8) is 0 Å². The van der Waals surface area contributed by atoms with Crippen molar-refractivity contribution in [3.05, 3.63) is 77.9 Å². The van der Waals surface area contributed by atoms with Gasteiger partial charge in [-0.15, -0.1) is 11.8 Å². The number of thioether (sulfide) groups is 1. The minimum absolute atomic E-state index is 0.0590. The third-order valence-corrected chi connectivity index (χ3v) is 4.69. The van der Waals surface area contributed by atoms with Crippen LogP contribution in [0.4, 0.5) is 0 Å². The number of carbonyl (C=O) groups is 1. The second kappa shape index (κ2) is 7.34. The van der Waals surface area contributed by atoms with E-state index in [1.54, 1.807) is 11.8 Å². The highest BCUT2D eigenvalue weighted by Gasteiger charge is 2.04. The fourth-order valence-electron chi connectivity index (χ4n) is 2.36. The van der Waals surface area contributed by atoms with Gasteiger partial charge in [-0.25, -0.2) is 0 Å². The molecule has 0 aliphatic carbocycles. The van der Waals surface area contributed by atoms with Crippen molar-refractivity contribution in [1.29, 1.82) is 0 Å². The van der Waals surface area contributed by atoms with Crippen LogP contribution in [0.1, 0.15) is 11.1 Å². The van der Waals surface area contributed by atoms with Crippen LogP contribution in [0.25, 0.3) is 10.8 Å². The number of amides is 1. The van der Waals surface area contributed by atoms with Crippen LogP contribution in [0.5, 0.6) is 0 Å². The van der Waals surface area contributed by atoms with Crippen molar-refractivity contribution in [2.75, 3.05) is 5.75 Å². The Morgan fingerprint density at radius 1 is 0.957 bits per heavy atom. The lowest BCUT2D eigenvalue weighted by Crippen LogP contribution is -2.24. The number of hydrogen-bond acceptors (Lipinski definition) is 2. The summed E-state index contributed by atoms with van der Waals surface area (Å²) in [5, 5.41) is 5.39. The van der Waals surface area contributed by atoms with Crippen LogP contribution in [0.3, 0.4) is 0 Å². The van der Waals surface area contributed by atoms with Crippen LogP contribution in [0, 0.1) is 6.92 Å². The molecule has 116 valence electrons. The first-order valence-electron chi connectivity index (χ1n) is 7.64. The highest BCUT2D eigenvalue weighted by molar-refractivity contribution is 8.00. The summed E-state index contributed by atoms with van der Waals surface area (Å²) in [5.74, 6) is 0.494. The number of hydrogen-bond donors (Lipinski definition) is 1. The maximum absolute atomic E-state index is 12.0. The zero-order valence-electron chi connectivity index (χ0n) is 13.1. The van der Waals surface area contributed by atoms with Gasteiger partial charge in [-0.05, 0) is 35.4 Å². The first-order valence-corrected chi connectivity index (χ1v) is 8.63. The van der Waals surface area contributed by atoms with Crippen LogP contribution in [0.15, 0.2) is 71.6 Å². The molecule has 3 aromatic carbocycles. The molecule has 0 fully saturated rings. The van der Waals surface area contributed by atoms with Gasteiger partial charge in [-0.3, -0.25) is 4.79 Å². The molecule has 0 saturated heterocycles. The summed E-state index contributed by atoms with van der Waals surface area (Å²) in [7, 11) is 0. The highest BCUT2D eigenvalue weighted by atomic mass is 32.2. The molecule has 1 amide bonds. The van der Waals surface area contributed by atoms with Gasteiger partial charge < -0.3 is 5.32 Å². The smallest absolute Gasteiger partial charge is 0.230 e. The molecule has 0 aliphatic heterocycles. The second-order valence-corrected chi connectivity index (χ2v) is 6.61. The summed E-state index contributed by atoms with van der Waals surface area (Å²) in [5.41, 5.74) is 2.35. The van der Waals surface area contributed by atoms with E-state index in [4.69, 9.17) is 0 Å². The standard InChI is InChI=1S/C20H19NOS/c1-15-6-8-16(9-7-15)13-21-20(22)14-23-19-11-10-17-4-2-3-5-18(17)12-19/h2-12H,13-14H2,1H3,(H,21,22). The van der Waals surface area contributed by atoms with Crippen LogP contribution in [0.2, 0.25) is 0 Å². The topological polar surface area (TPSA) is 29.1 Å². The largest absolute Gasteiger partial charge is 0.351 e. The van der Waals surface area contributed by atoms with E-state index in [2.05, 4.69) is 54.7 Å². The molecule has 0 bridgehead atoms. The van der Waals surface area contributed by atoms with Crippen molar-refractivity contribution in [2.24, 2.45) is 0 Å². The van der Waals surface area contributed by atoms with Crippen molar-refractivity contribution >= 4 is 28.4 Å². The Balaban J connectivity index is 1.52. The Morgan fingerprint density at radius 2 is 1.70 bits per heavy atom. The Morgan fingerprint density at radius 3 is 2.48 bits per heavy atom. The minimum atomic E-state index is 0.0590. The lowest BCUT2D eigenvalue weighted by Gasteiger charge is -2.06. The molecule has 0 heterocycles. The Kier molecular flexibility index (Phi) is 4.99. The molecule has 1 N–H and O–H groups in total. The molecule has 3 heteroatoms. The summed E-state index contributed by atoms with van der Waals surface area (Å²) >= 11 is 1.57. The number of rotatable bonds is 5. The summed E-state index contributed by atoms with van der Waals surface area (Å²) in [6.45, 7) is 2.64. The van der Waals surface area contributed by atoms with Crippen LogP contribution in [-0.4, -0.2) is 11.7 Å². The Bertz CT molecular complexity index is 811. The number of fused-ring (bicyclic) bond motifs is 1. The van der Waals surface area contributed by atoms with E-state index in [0.29, 0.717) is 12.3 Å². The zero-order valence-corrected chi connectivity index (χ0v) is 13.9. The van der Waals surface area contributed by atoms with Gasteiger partial charge in [0.05, 0.1) is 5.75 Å². The molecular formula is C20H19NOS. The van der Waals surface area contributed by atoms with E-state index in [-0.39, 0.29) is 5.91 Å². The third kappa shape index (κ3) is 4.36. The van der Waals surface area contributed by atoms with Crippen molar-refractivity contribution < 1.29 is 4.79 Å². The van der Waals surface area contributed by atoms with E-state index >= 15 is 0 Å². The molecule has 0 aromatic heterocycles.